The number of carbonyl (C=O) groups is 1. The largest absolute Gasteiger partial charge is 0.277 e. The van der Waals surface area contributed by atoms with Gasteiger partial charge in [0.05, 0.1) is 0 Å². The smallest absolute Gasteiger partial charge is 0.229 e. The molecule has 0 aliphatic heterocycles. The maximum absolute atomic E-state index is 9.99. The van der Waals surface area contributed by atoms with Crippen molar-refractivity contribution in [2.75, 3.05) is 7.05 Å². The fourth-order valence-corrected chi connectivity index (χ4v) is 0.414. The molecule has 1 amide bonds. The van der Waals surface area contributed by atoms with Crippen LogP contribution in [0.15, 0.2) is 5.10 Å². The van der Waals surface area contributed by atoms with Crippen LogP contribution in [0.4, 0.5) is 0 Å². The quantitative estimate of drug-likeness (QED) is 0.329. The normalized spacial score (nSPS) is 10.8. The first-order chi connectivity index (χ1) is 4.66. The molecule has 0 radical (unpaired) electrons. The lowest BCUT2D eigenvalue weighted by molar-refractivity contribution is -0.116. The fraction of sp³-hybridized carbons (Fsp3) is 0.714. The van der Waals surface area contributed by atoms with Gasteiger partial charge in [-0.3, -0.25) is 4.79 Å². The number of hydrogen-bond donors (Lipinski definition) is 0. The third kappa shape index (κ3) is 5.28. The van der Waals surface area contributed by atoms with E-state index in [4.69, 9.17) is 0 Å². The molecule has 0 bridgehead atoms. The Morgan fingerprint density at radius 2 is 2.20 bits per heavy atom. The highest BCUT2D eigenvalue weighted by atomic mass is 16.1. The Hall–Kier alpha value is -0.860. The fourth-order valence-electron chi connectivity index (χ4n) is 0.414. The van der Waals surface area contributed by atoms with Gasteiger partial charge >= 0.3 is 0 Å². The zero-order chi connectivity index (χ0) is 7.98. The van der Waals surface area contributed by atoms with Gasteiger partial charge in [0.2, 0.25) is 6.41 Å². The molecule has 3 nitrogen and oxygen atoms in total. The minimum Gasteiger partial charge on any atom is -0.277 e. The average Bonchev–Trinajstić information content (AvgIpc) is 1.87. The van der Waals surface area contributed by atoms with Gasteiger partial charge in [0.1, 0.15) is 0 Å². The summed E-state index contributed by atoms with van der Waals surface area (Å²) >= 11 is 0. The summed E-state index contributed by atoms with van der Waals surface area (Å²) in [6.07, 6.45) is 3.34. The highest BCUT2D eigenvalue weighted by molar-refractivity contribution is 5.59. The third-order valence-electron chi connectivity index (χ3n) is 0.993. The van der Waals surface area contributed by atoms with Gasteiger partial charge in [-0.05, 0) is 12.3 Å². The zero-order valence-electron chi connectivity index (χ0n) is 6.74. The second-order valence-corrected chi connectivity index (χ2v) is 2.61. The Kier molecular flexibility index (Phi) is 4.54. The molecular formula is C7H14N2O. The van der Waals surface area contributed by atoms with Crippen molar-refractivity contribution in [2.45, 2.75) is 20.3 Å². The van der Waals surface area contributed by atoms with Crippen molar-refractivity contribution in [3.05, 3.63) is 0 Å². The van der Waals surface area contributed by atoms with Crippen LogP contribution < -0.4 is 0 Å². The standard InChI is InChI=1S/C7H14N2O/c1-7(2)4-5-8-9(3)6-10/h5-7H,4H2,1-3H3/b8-5-. The van der Waals surface area contributed by atoms with Crippen molar-refractivity contribution >= 4 is 12.6 Å². The number of hydrazone groups is 1. The maximum atomic E-state index is 9.99. The number of hydrogen-bond acceptors (Lipinski definition) is 2. The number of carbonyl (C=O) groups excluding carboxylic acids is 1. The number of nitrogens with zero attached hydrogens (tertiary/aromatic N) is 2. The predicted octanol–water partition coefficient (Wildman–Crippen LogP) is 1.11. The Balaban J connectivity index is 3.45. The van der Waals surface area contributed by atoms with E-state index in [1.807, 2.05) is 0 Å². The first-order valence-electron chi connectivity index (χ1n) is 3.37. The van der Waals surface area contributed by atoms with Gasteiger partial charge in [-0.1, -0.05) is 13.8 Å². The zero-order valence-corrected chi connectivity index (χ0v) is 6.74. The van der Waals surface area contributed by atoms with Crippen molar-refractivity contribution < 1.29 is 4.79 Å². The summed E-state index contributed by atoms with van der Waals surface area (Å²) in [4.78, 5) is 9.99. The Labute approximate surface area is 61.7 Å². The lowest BCUT2D eigenvalue weighted by Gasteiger charge is -2.01. The summed E-state index contributed by atoms with van der Waals surface area (Å²) in [5.41, 5.74) is 0. The van der Waals surface area contributed by atoms with Crippen LogP contribution in [0.3, 0.4) is 0 Å². The van der Waals surface area contributed by atoms with E-state index in [0.29, 0.717) is 12.3 Å². The summed E-state index contributed by atoms with van der Waals surface area (Å²) < 4.78 is 0. The summed E-state index contributed by atoms with van der Waals surface area (Å²) in [6.45, 7) is 4.21. The van der Waals surface area contributed by atoms with Crippen LogP contribution in [-0.4, -0.2) is 24.7 Å². The summed E-state index contributed by atoms with van der Waals surface area (Å²) in [6, 6.07) is 0. The lowest BCUT2D eigenvalue weighted by atomic mass is 10.2. The summed E-state index contributed by atoms with van der Waals surface area (Å²) in [7, 11) is 1.61. The van der Waals surface area contributed by atoms with Crippen molar-refractivity contribution in [3.63, 3.8) is 0 Å². The SMILES string of the molecule is CC(C)C/C=N\N(C)C=O. The molecular weight excluding hydrogens is 128 g/mol. The van der Waals surface area contributed by atoms with Gasteiger partial charge < -0.3 is 0 Å². The lowest BCUT2D eigenvalue weighted by Crippen LogP contribution is -2.07. The molecule has 0 atom stereocenters. The molecule has 58 valence electrons. The van der Waals surface area contributed by atoms with Crippen LogP contribution in [0.25, 0.3) is 0 Å². The Morgan fingerprint density at radius 1 is 1.60 bits per heavy atom. The average molecular weight is 142 g/mol. The minimum absolute atomic E-state index is 0.601. The van der Waals surface area contributed by atoms with Crippen LogP contribution in [0, 0.1) is 5.92 Å². The molecule has 0 aliphatic carbocycles. The van der Waals surface area contributed by atoms with E-state index in [2.05, 4.69) is 18.9 Å². The first-order valence-corrected chi connectivity index (χ1v) is 3.37. The van der Waals surface area contributed by atoms with Crippen LogP contribution in [0.5, 0.6) is 0 Å². The van der Waals surface area contributed by atoms with E-state index < -0.39 is 0 Å². The van der Waals surface area contributed by atoms with E-state index in [9.17, 15) is 4.79 Å². The molecule has 0 N–H and O–H groups in total. The molecule has 0 aromatic carbocycles. The van der Waals surface area contributed by atoms with E-state index >= 15 is 0 Å². The Bertz CT molecular complexity index is 121. The molecule has 3 heteroatoms. The molecule has 0 unspecified atom stereocenters. The molecule has 10 heavy (non-hydrogen) atoms. The molecule has 0 fully saturated rings. The van der Waals surface area contributed by atoms with Gasteiger partial charge in [-0.15, -0.1) is 0 Å². The monoisotopic (exact) mass is 142 g/mol. The van der Waals surface area contributed by atoms with Crippen molar-refractivity contribution in [2.24, 2.45) is 11.0 Å². The molecule has 0 spiro atoms. The second-order valence-electron chi connectivity index (χ2n) is 2.61. The highest BCUT2D eigenvalue weighted by Crippen LogP contribution is 1.94. The molecule has 0 aliphatic rings. The maximum Gasteiger partial charge on any atom is 0.229 e. The van der Waals surface area contributed by atoms with Crippen molar-refractivity contribution in [1.29, 1.82) is 0 Å². The van der Waals surface area contributed by atoms with Gasteiger partial charge in [0.25, 0.3) is 0 Å². The van der Waals surface area contributed by atoms with E-state index in [1.54, 1.807) is 13.3 Å². The molecule has 0 rings (SSSR count). The van der Waals surface area contributed by atoms with E-state index in [-0.39, 0.29) is 0 Å². The minimum atomic E-state index is 0.601. The molecule has 0 saturated carbocycles. The highest BCUT2D eigenvalue weighted by Gasteiger charge is 1.88. The van der Waals surface area contributed by atoms with Gasteiger partial charge in [-0.25, -0.2) is 5.01 Å². The number of amides is 1. The third-order valence-corrected chi connectivity index (χ3v) is 0.993. The first kappa shape index (κ1) is 9.14. The van der Waals surface area contributed by atoms with Gasteiger partial charge in [0, 0.05) is 13.3 Å². The van der Waals surface area contributed by atoms with Crippen molar-refractivity contribution in [3.8, 4) is 0 Å². The van der Waals surface area contributed by atoms with Gasteiger partial charge in [0.15, 0.2) is 0 Å². The molecule has 0 heterocycles. The Morgan fingerprint density at radius 3 is 2.60 bits per heavy atom. The van der Waals surface area contributed by atoms with Crippen LogP contribution in [0.2, 0.25) is 0 Å². The van der Waals surface area contributed by atoms with E-state index in [0.717, 1.165) is 6.42 Å². The van der Waals surface area contributed by atoms with Gasteiger partial charge in [-0.2, -0.15) is 5.10 Å². The molecule has 0 saturated heterocycles. The summed E-state index contributed by atoms with van der Waals surface area (Å²) in [5.74, 6) is 0.601. The molecule has 0 aromatic heterocycles. The van der Waals surface area contributed by atoms with Crippen LogP contribution in [-0.2, 0) is 4.79 Å². The van der Waals surface area contributed by atoms with Crippen LogP contribution >= 0.6 is 0 Å². The number of rotatable bonds is 4. The predicted molar refractivity (Wildman–Crippen MR) is 41.8 cm³/mol. The topological polar surface area (TPSA) is 32.7 Å². The van der Waals surface area contributed by atoms with E-state index in [1.165, 1.54) is 5.01 Å². The van der Waals surface area contributed by atoms with Crippen molar-refractivity contribution in [1.82, 2.24) is 5.01 Å². The second kappa shape index (κ2) is 4.97. The molecule has 0 aromatic rings. The summed E-state index contributed by atoms with van der Waals surface area (Å²) in [5, 5.41) is 5.08. The van der Waals surface area contributed by atoms with Crippen LogP contribution in [0.1, 0.15) is 20.3 Å².